The van der Waals surface area contributed by atoms with Gasteiger partial charge in [0, 0.05) is 44.5 Å². The Morgan fingerprint density at radius 3 is 2.24 bits per heavy atom. The van der Waals surface area contributed by atoms with E-state index in [-0.39, 0.29) is 17.8 Å². The molecule has 0 aliphatic carbocycles. The number of aromatic nitrogens is 1. The Morgan fingerprint density at radius 2 is 1.71 bits per heavy atom. The molecule has 0 aliphatic heterocycles. The molecule has 0 saturated carbocycles. The van der Waals surface area contributed by atoms with E-state index in [2.05, 4.69) is 5.32 Å². The summed E-state index contributed by atoms with van der Waals surface area (Å²) in [5.41, 5.74) is 1.65. The van der Waals surface area contributed by atoms with Crippen LogP contribution in [0.3, 0.4) is 0 Å². The van der Waals surface area contributed by atoms with Crippen molar-refractivity contribution in [2.45, 2.75) is 13.0 Å². The number of rotatable bonds is 4. The van der Waals surface area contributed by atoms with Crippen LogP contribution in [0.1, 0.15) is 13.0 Å². The lowest BCUT2D eigenvalue weighted by Crippen LogP contribution is -2.44. The second-order valence-corrected chi connectivity index (χ2v) is 5.07. The molecule has 0 unspecified atom stereocenters. The van der Waals surface area contributed by atoms with Gasteiger partial charge in [-0.2, -0.15) is 4.57 Å². The number of nitrogens with one attached hydrogen (secondary N) is 1. The van der Waals surface area contributed by atoms with E-state index in [0.29, 0.717) is 5.69 Å². The fourth-order valence-corrected chi connectivity index (χ4v) is 1.90. The number of benzene rings is 1. The van der Waals surface area contributed by atoms with E-state index < -0.39 is 0 Å². The van der Waals surface area contributed by atoms with Gasteiger partial charge >= 0.3 is 0 Å². The first kappa shape index (κ1) is 15.0. The van der Waals surface area contributed by atoms with Gasteiger partial charge in [-0.05, 0) is 24.3 Å². The van der Waals surface area contributed by atoms with Gasteiger partial charge in [-0.3, -0.25) is 4.79 Å². The highest BCUT2D eigenvalue weighted by Gasteiger charge is 2.21. The van der Waals surface area contributed by atoms with Crippen LogP contribution in [-0.4, -0.2) is 20.0 Å². The number of pyridine rings is 1. The number of hydrogen-bond donors (Lipinski definition) is 1. The third-order valence-corrected chi connectivity index (χ3v) is 3.29. The lowest BCUT2D eigenvalue weighted by atomic mass is 10.2. The Bertz CT molecular complexity index is 608. The number of carbonyl (C=O) groups is 1. The monoisotopic (exact) mass is 288 g/mol. The first-order valence-corrected chi connectivity index (χ1v) is 6.72. The number of hydrogen-bond acceptors (Lipinski definition) is 2. The maximum atomic E-state index is 12.8. The van der Waals surface area contributed by atoms with Gasteiger partial charge in [-0.1, -0.05) is 0 Å². The van der Waals surface area contributed by atoms with Gasteiger partial charge in [0.05, 0.1) is 0 Å². The Balaban J connectivity index is 2.06. The van der Waals surface area contributed by atoms with Crippen molar-refractivity contribution in [3.8, 4) is 0 Å². The second-order valence-electron chi connectivity index (χ2n) is 5.07. The van der Waals surface area contributed by atoms with Gasteiger partial charge in [0.2, 0.25) is 6.04 Å². The standard InChI is InChI=1S/C16H18FN3O/c1-12(20-10-8-15(9-11-20)19(2)3)16(21)18-14-6-4-13(17)5-7-14/h4-12H,1-3H3/p+1/t12-/m0/s1. The van der Waals surface area contributed by atoms with Crippen molar-refractivity contribution in [2.75, 3.05) is 24.3 Å². The number of nitrogens with zero attached hydrogens (tertiary/aromatic N) is 2. The molecule has 0 spiro atoms. The second kappa shape index (κ2) is 6.35. The number of carbonyl (C=O) groups excluding carboxylic acids is 1. The highest BCUT2D eigenvalue weighted by atomic mass is 19.1. The van der Waals surface area contributed by atoms with Crippen molar-refractivity contribution in [2.24, 2.45) is 0 Å². The number of amides is 1. The Labute approximate surface area is 123 Å². The molecular formula is C16H19FN3O+. The van der Waals surface area contributed by atoms with Crippen LogP contribution in [0.15, 0.2) is 48.8 Å². The van der Waals surface area contributed by atoms with Crippen LogP contribution in [-0.2, 0) is 4.79 Å². The largest absolute Gasteiger partial charge is 0.377 e. The highest BCUT2D eigenvalue weighted by molar-refractivity contribution is 5.92. The van der Waals surface area contributed by atoms with E-state index >= 15 is 0 Å². The summed E-state index contributed by atoms with van der Waals surface area (Å²) in [5.74, 6) is -0.473. The summed E-state index contributed by atoms with van der Waals surface area (Å²) in [6, 6.07) is 9.26. The average molecular weight is 288 g/mol. The topological polar surface area (TPSA) is 36.2 Å². The van der Waals surface area contributed by atoms with Crippen LogP contribution < -0.4 is 14.8 Å². The predicted molar refractivity (Wildman–Crippen MR) is 80.7 cm³/mol. The minimum Gasteiger partial charge on any atom is -0.377 e. The molecule has 1 amide bonds. The van der Waals surface area contributed by atoms with Crippen molar-refractivity contribution in [3.63, 3.8) is 0 Å². The third-order valence-electron chi connectivity index (χ3n) is 3.29. The zero-order valence-corrected chi connectivity index (χ0v) is 12.4. The third kappa shape index (κ3) is 3.78. The highest BCUT2D eigenvalue weighted by Crippen LogP contribution is 2.11. The Hall–Kier alpha value is -2.43. The molecule has 0 saturated heterocycles. The van der Waals surface area contributed by atoms with Crippen LogP contribution in [0.4, 0.5) is 15.8 Å². The van der Waals surface area contributed by atoms with Gasteiger partial charge in [-0.15, -0.1) is 0 Å². The molecule has 2 rings (SSSR count). The summed E-state index contributed by atoms with van der Waals surface area (Å²) >= 11 is 0. The molecule has 1 aromatic heterocycles. The molecule has 0 aliphatic rings. The SMILES string of the molecule is C[C@@H](C(=O)Nc1ccc(F)cc1)[n+]1ccc(N(C)C)cc1. The Morgan fingerprint density at radius 1 is 1.14 bits per heavy atom. The summed E-state index contributed by atoms with van der Waals surface area (Å²) in [7, 11) is 3.93. The summed E-state index contributed by atoms with van der Waals surface area (Å²) in [5, 5.41) is 2.77. The van der Waals surface area contributed by atoms with Crippen molar-refractivity contribution in [1.29, 1.82) is 0 Å². The van der Waals surface area contributed by atoms with E-state index in [0.717, 1.165) is 5.69 Å². The average Bonchev–Trinajstić information content (AvgIpc) is 2.49. The van der Waals surface area contributed by atoms with Crippen molar-refractivity contribution >= 4 is 17.3 Å². The molecule has 5 heteroatoms. The fourth-order valence-electron chi connectivity index (χ4n) is 1.90. The first-order chi connectivity index (χ1) is 9.97. The van der Waals surface area contributed by atoms with Crippen LogP contribution in [0, 0.1) is 5.82 Å². The number of anilines is 2. The molecule has 0 fully saturated rings. The van der Waals surface area contributed by atoms with Gasteiger partial charge in [0.15, 0.2) is 12.4 Å². The summed E-state index contributed by atoms with van der Waals surface area (Å²) < 4.78 is 14.7. The van der Waals surface area contributed by atoms with Crippen LogP contribution >= 0.6 is 0 Å². The van der Waals surface area contributed by atoms with E-state index in [9.17, 15) is 9.18 Å². The maximum absolute atomic E-state index is 12.8. The molecule has 0 radical (unpaired) electrons. The molecule has 1 atom stereocenters. The van der Waals surface area contributed by atoms with E-state index in [1.165, 1.54) is 12.1 Å². The first-order valence-electron chi connectivity index (χ1n) is 6.72. The smallest absolute Gasteiger partial charge is 0.293 e. The number of halogens is 1. The van der Waals surface area contributed by atoms with Crippen molar-refractivity contribution < 1.29 is 13.8 Å². The van der Waals surface area contributed by atoms with Crippen molar-refractivity contribution in [1.82, 2.24) is 0 Å². The molecule has 4 nitrogen and oxygen atoms in total. The van der Waals surface area contributed by atoms with E-state index in [1.54, 1.807) is 12.1 Å². The Kier molecular flexibility index (Phi) is 4.52. The molecule has 21 heavy (non-hydrogen) atoms. The van der Waals surface area contributed by atoms with Gasteiger partial charge in [-0.25, -0.2) is 4.39 Å². The molecule has 1 heterocycles. The minimum atomic E-state index is -0.355. The fraction of sp³-hybridized carbons (Fsp3) is 0.250. The molecule has 1 N–H and O–H groups in total. The maximum Gasteiger partial charge on any atom is 0.293 e. The summed E-state index contributed by atoms with van der Waals surface area (Å²) in [6.45, 7) is 1.81. The quantitative estimate of drug-likeness (QED) is 0.877. The van der Waals surface area contributed by atoms with Gasteiger partial charge < -0.3 is 10.2 Å². The zero-order chi connectivity index (χ0) is 15.4. The van der Waals surface area contributed by atoms with Crippen LogP contribution in [0.25, 0.3) is 0 Å². The molecule has 1 aromatic carbocycles. The lowest BCUT2D eigenvalue weighted by molar-refractivity contribution is -0.705. The van der Waals surface area contributed by atoms with E-state index in [4.69, 9.17) is 0 Å². The van der Waals surface area contributed by atoms with Crippen LogP contribution in [0.2, 0.25) is 0 Å². The lowest BCUT2D eigenvalue weighted by Gasteiger charge is -2.12. The van der Waals surface area contributed by atoms with E-state index in [1.807, 2.05) is 55.0 Å². The summed E-state index contributed by atoms with van der Waals surface area (Å²) in [6.07, 6.45) is 3.73. The zero-order valence-electron chi connectivity index (χ0n) is 12.4. The molecule has 0 bridgehead atoms. The summed E-state index contributed by atoms with van der Waals surface area (Å²) in [4.78, 5) is 14.2. The molecule has 110 valence electrons. The minimum absolute atomic E-state index is 0.149. The molecule has 2 aromatic rings. The normalized spacial score (nSPS) is 11.8. The van der Waals surface area contributed by atoms with Gasteiger partial charge in [0.25, 0.3) is 5.91 Å². The predicted octanol–water partition coefficient (Wildman–Crippen LogP) is 2.38. The van der Waals surface area contributed by atoms with Crippen molar-refractivity contribution in [3.05, 3.63) is 54.6 Å². The van der Waals surface area contributed by atoms with Gasteiger partial charge in [0.1, 0.15) is 5.82 Å². The molecular weight excluding hydrogens is 269 g/mol. The van der Waals surface area contributed by atoms with Crippen LogP contribution in [0.5, 0.6) is 0 Å².